The minimum atomic E-state index is -2.83. The molecule has 0 atom stereocenters. The van der Waals surface area contributed by atoms with Crippen LogP contribution in [0.1, 0.15) is 10.4 Å². The van der Waals surface area contributed by atoms with Gasteiger partial charge in [0.15, 0.2) is 0 Å². The van der Waals surface area contributed by atoms with Crippen LogP contribution < -0.4 is 0 Å². The summed E-state index contributed by atoms with van der Waals surface area (Å²) in [7, 11) is 0. The summed E-state index contributed by atoms with van der Waals surface area (Å²) in [6, 6.07) is 6.06. The monoisotopic (exact) mass is 214 g/mol. The first-order valence-electron chi connectivity index (χ1n) is 4.32. The molecule has 1 aromatic carbocycles. The molecule has 1 aromatic rings. The third-order valence-corrected chi connectivity index (χ3v) is 2.18. The smallest absolute Gasteiger partial charge is 0.282 e. The van der Waals surface area contributed by atoms with E-state index in [1.54, 1.807) is 0 Å². The predicted octanol–water partition coefficient (Wildman–Crippen LogP) is 1.72. The van der Waals surface area contributed by atoms with Crippen LogP contribution in [0.4, 0.5) is 13.2 Å². The van der Waals surface area contributed by atoms with Crippen molar-refractivity contribution in [1.82, 2.24) is 4.90 Å². The van der Waals surface area contributed by atoms with Crippen molar-refractivity contribution in [3.05, 3.63) is 35.6 Å². The molecule has 0 spiro atoms. The summed E-state index contributed by atoms with van der Waals surface area (Å²) < 4.78 is 38.0. The lowest BCUT2D eigenvalue weighted by atomic mass is 10.1. The van der Waals surface area contributed by atoms with Crippen LogP contribution in [0.15, 0.2) is 18.2 Å². The van der Waals surface area contributed by atoms with E-state index in [9.17, 15) is 18.0 Å². The van der Waals surface area contributed by atoms with Crippen LogP contribution in [0.5, 0.6) is 0 Å². The minimum absolute atomic E-state index is 0.191. The molecule has 0 aliphatic carbocycles. The highest BCUT2D eigenvalue weighted by Gasteiger charge is 2.46. The fourth-order valence-corrected chi connectivity index (χ4v) is 1.41. The van der Waals surface area contributed by atoms with Crippen LogP contribution in [0.3, 0.4) is 0 Å². The van der Waals surface area contributed by atoms with Gasteiger partial charge in [0.2, 0.25) is 0 Å². The zero-order valence-corrected chi connectivity index (χ0v) is 7.64. The van der Waals surface area contributed by atoms with Crippen molar-refractivity contribution in [2.24, 2.45) is 0 Å². The van der Waals surface area contributed by atoms with E-state index in [1.165, 1.54) is 12.1 Å². The Labute approximate surface area is 84.3 Å². The van der Waals surface area contributed by atoms with Crippen molar-refractivity contribution in [2.75, 3.05) is 13.1 Å². The molecule has 1 fully saturated rings. The van der Waals surface area contributed by atoms with Crippen LogP contribution >= 0.6 is 0 Å². The van der Waals surface area contributed by atoms with Gasteiger partial charge >= 0.3 is 0 Å². The Morgan fingerprint density at radius 3 is 2.67 bits per heavy atom. The maximum Gasteiger partial charge on any atom is 0.282 e. The summed E-state index contributed by atoms with van der Waals surface area (Å²) in [5, 5.41) is 0. The molecule has 0 N–H and O–H groups in total. The van der Waals surface area contributed by atoms with Crippen molar-refractivity contribution in [3.63, 3.8) is 0 Å². The molecule has 0 saturated carbocycles. The molecule has 1 saturated heterocycles. The van der Waals surface area contributed by atoms with Crippen molar-refractivity contribution in [3.8, 4) is 0 Å². The van der Waals surface area contributed by atoms with Gasteiger partial charge < -0.3 is 4.90 Å². The third kappa shape index (κ3) is 1.82. The zero-order chi connectivity index (χ0) is 11.1. The van der Waals surface area contributed by atoms with E-state index in [0.717, 1.165) is 11.0 Å². The van der Waals surface area contributed by atoms with Gasteiger partial charge in [0.05, 0.1) is 18.7 Å². The van der Waals surface area contributed by atoms with Crippen molar-refractivity contribution < 1.29 is 18.0 Å². The number of likely N-dealkylation sites (tertiary alicyclic amines) is 1. The first-order chi connectivity index (χ1) is 6.99. The van der Waals surface area contributed by atoms with Gasteiger partial charge in [0.25, 0.3) is 11.8 Å². The molecule has 1 aliphatic rings. The molecular weight excluding hydrogens is 207 g/mol. The molecule has 2 rings (SSSR count). The van der Waals surface area contributed by atoms with E-state index in [0.29, 0.717) is 0 Å². The highest BCUT2D eigenvalue weighted by atomic mass is 19.3. The van der Waals surface area contributed by atoms with Crippen LogP contribution in [-0.2, 0) is 0 Å². The van der Waals surface area contributed by atoms with Crippen LogP contribution in [0.2, 0.25) is 0 Å². The Hall–Kier alpha value is -1.52. The normalized spacial score (nSPS) is 18.5. The molecule has 0 aromatic heterocycles. The standard InChI is InChI=1S/C10H7F3NO/c11-8-4-2-1-3-7(8)9(15)14-5-10(12,13)6-14/h1,3-4H,5-6H2. The van der Waals surface area contributed by atoms with Crippen LogP contribution in [0, 0.1) is 11.9 Å². The van der Waals surface area contributed by atoms with Crippen LogP contribution in [-0.4, -0.2) is 29.8 Å². The molecule has 1 amide bonds. The number of carbonyl (C=O) groups is 1. The highest BCUT2D eigenvalue weighted by molar-refractivity contribution is 5.95. The second kappa shape index (κ2) is 3.25. The van der Waals surface area contributed by atoms with Crippen molar-refractivity contribution in [1.29, 1.82) is 0 Å². The number of amides is 1. The lowest BCUT2D eigenvalue weighted by molar-refractivity contribution is -0.113. The van der Waals surface area contributed by atoms with Gasteiger partial charge in [-0.3, -0.25) is 4.79 Å². The Kier molecular flexibility index (Phi) is 2.17. The first-order valence-corrected chi connectivity index (χ1v) is 4.32. The predicted molar refractivity (Wildman–Crippen MR) is 46.1 cm³/mol. The molecule has 0 unspecified atom stereocenters. The molecule has 1 radical (unpaired) electrons. The summed E-state index contributed by atoms with van der Waals surface area (Å²) in [6.45, 7) is -1.27. The number of halogens is 3. The quantitative estimate of drug-likeness (QED) is 0.697. The van der Waals surface area contributed by atoms with Crippen molar-refractivity contribution >= 4 is 5.91 Å². The van der Waals surface area contributed by atoms with Gasteiger partial charge in [-0.1, -0.05) is 6.07 Å². The summed E-state index contributed by atoms with van der Waals surface area (Å²) in [4.78, 5) is 12.4. The van der Waals surface area contributed by atoms with Gasteiger partial charge in [-0.15, -0.1) is 0 Å². The Bertz CT molecular complexity index is 397. The number of alkyl halides is 2. The molecule has 15 heavy (non-hydrogen) atoms. The minimum Gasteiger partial charge on any atom is -0.326 e. The van der Waals surface area contributed by atoms with Crippen molar-refractivity contribution in [2.45, 2.75) is 5.92 Å². The van der Waals surface area contributed by atoms with E-state index in [4.69, 9.17) is 0 Å². The number of hydrogen-bond acceptors (Lipinski definition) is 1. The molecular formula is C10H7F3NO. The third-order valence-electron chi connectivity index (χ3n) is 2.18. The summed E-state index contributed by atoms with van der Waals surface area (Å²) in [6.07, 6.45) is 0. The molecule has 1 heterocycles. The SMILES string of the molecule is O=C(c1cc[c]cc1F)N1CC(F)(F)C1. The van der Waals surface area contributed by atoms with E-state index in [2.05, 4.69) is 6.07 Å². The summed E-state index contributed by atoms with van der Waals surface area (Å²) in [5.74, 6) is -4.27. The second-order valence-electron chi connectivity index (χ2n) is 3.42. The molecule has 1 aliphatic heterocycles. The second-order valence-corrected chi connectivity index (χ2v) is 3.42. The molecule has 5 heteroatoms. The van der Waals surface area contributed by atoms with E-state index in [-0.39, 0.29) is 5.56 Å². The Morgan fingerprint density at radius 1 is 1.47 bits per heavy atom. The first kappa shape index (κ1) is 10.0. The molecule has 79 valence electrons. The maximum atomic E-state index is 13.1. The lowest BCUT2D eigenvalue weighted by Crippen LogP contribution is -2.58. The topological polar surface area (TPSA) is 20.3 Å². The maximum absolute atomic E-state index is 13.1. The number of hydrogen-bond donors (Lipinski definition) is 0. The number of nitrogens with zero attached hydrogens (tertiary/aromatic N) is 1. The van der Waals surface area contributed by atoms with Gasteiger partial charge in [0.1, 0.15) is 5.82 Å². The molecule has 2 nitrogen and oxygen atoms in total. The fraction of sp³-hybridized carbons (Fsp3) is 0.300. The fourth-order valence-electron chi connectivity index (χ4n) is 1.41. The number of benzene rings is 1. The summed E-state index contributed by atoms with van der Waals surface area (Å²) >= 11 is 0. The molecule has 0 bridgehead atoms. The summed E-state index contributed by atoms with van der Waals surface area (Å²) in [5.41, 5.74) is -0.191. The average Bonchev–Trinajstić information content (AvgIpc) is 2.14. The van der Waals surface area contributed by atoms with E-state index in [1.807, 2.05) is 0 Å². The largest absolute Gasteiger partial charge is 0.326 e. The van der Waals surface area contributed by atoms with Gasteiger partial charge in [-0.2, -0.15) is 0 Å². The van der Waals surface area contributed by atoms with Gasteiger partial charge in [0, 0.05) is 0 Å². The van der Waals surface area contributed by atoms with Crippen LogP contribution in [0.25, 0.3) is 0 Å². The zero-order valence-electron chi connectivity index (χ0n) is 7.64. The lowest BCUT2D eigenvalue weighted by Gasteiger charge is -2.38. The van der Waals surface area contributed by atoms with E-state index >= 15 is 0 Å². The van der Waals surface area contributed by atoms with E-state index < -0.39 is 30.7 Å². The highest BCUT2D eigenvalue weighted by Crippen LogP contribution is 2.28. The van der Waals surface area contributed by atoms with Gasteiger partial charge in [-0.25, -0.2) is 13.2 Å². The Balaban J connectivity index is 2.14. The Morgan fingerprint density at radius 2 is 2.13 bits per heavy atom. The van der Waals surface area contributed by atoms with Gasteiger partial charge in [-0.05, 0) is 18.2 Å². The number of rotatable bonds is 1. The average molecular weight is 214 g/mol. The number of carbonyl (C=O) groups excluding carboxylic acids is 1.